The molecule has 6 heteroatoms. The molecule has 5 rings (SSSR count). The van der Waals surface area contributed by atoms with Crippen molar-refractivity contribution in [3.63, 3.8) is 0 Å². The first kappa shape index (κ1) is 18.1. The number of nitrogens with one attached hydrogen (secondary N) is 1. The summed E-state index contributed by atoms with van der Waals surface area (Å²) in [4.78, 5) is 19.5. The van der Waals surface area contributed by atoms with Crippen LogP contribution in [-0.2, 0) is 4.79 Å². The van der Waals surface area contributed by atoms with Crippen LogP contribution in [0.5, 0.6) is 0 Å². The maximum Gasteiger partial charge on any atom is 0.227 e. The van der Waals surface area contributed by atoms with Crippen molar-refractivity contribution in [3.8, 4) is 0 Å². The monoisotopic (exact) mass is 405 g/mol. The molecule has 0 spiro atoms. The lowest BCUT2D eigenvalue weighted by atomic mass is 9.96. The number of halogens is 1. The van der Waals surface area contributed by atoms with Gasteiger partial charge in [0.15, 0.2) is 5.13 Å². The number of anilines is 2. The molecule has 0 radical (unpaired) electrons. The zero-order chi connectivity index (χ0) is 19.8. The molecule has 29 heavy (non-hydrogen) atoms. The summed E-state index contributed by atoms with van der Waals surface area (Å²) in [6.07, 6.45) is 1.52. The van der Waals surface area contributed by atoms with E-state index in [0.717, 1.165) is 52.2 Å². The van der Waals surface area contributed by atoms with Crippen molar-refractivity contribution in [2.75, 3.05) is 23.3 Å². The minimum Gasteiger partial charge on any atom is -0.348 e. The van der Waals surface area contributed by atoms with E-state index in [1.54, 1.807) is 6.07 Å². The fourth-order valence-electron chi connectivity index (χ4n) is 3.94. The van der Waals surface area contributed by atoms with E-state index in [1.165, 1.54) is 17.4 Å². The topological polar surface area (TPSA) is 45.2 Å². The second kappa shape index (κ2) is 7.44. The molecule has 0 unspecified atom stereocenters. The van der Waals surface area contributed by atoms with E-state index in [0.29, 0.717) is 5.52 Å². The Balaban J connectivity index is 1.27. The minimum absolute atomic E-state index is 0.0312. The van der Waals surface area contributed by atoms with Crippen LogP contribution < -0.4 is 10.2 Å². The van der Waals surface area contributed by atoms with Gasteiger partial charge in [0.1, 0.15) is 11.3 Å². The Bertz CT molecular complexity index is 1190. The van der Waals surface area contributed by atoms with Gasteiger partial charge in [0, 0.05) is 30.1 Å². The van der Waals surface area contributed by atoms with Crippen LogP contribution >= 0.6 is 11.3 Å². The Morgan fingerprint density at radius 2 is 1.79 bits per heavy atom. The molecule has 1 saturated heterocycles. The van der Waals surface area contributed by atoms with Crippen molar-refractivity contribution in [2.45, 2.75) is 12.8 Å². The third-order valence-corrected chi connectivity index (χ3v) is 6.62. The van der Waals surface area contributed by atoms with Crippen LogP contribution in [0.3, 0.4) is 0 Å². The van der Waals surface area contributed by atoms with Gasteiger partial charge in [0.2, 0.25) is 5.91 Å². The summed E-state index contributed by atoms with van der Waals surface area (Å²) in [6, 6.07) is 19.1. The van der Waals surface area contributed by atoms with Crippen LogP contribution in [0.15, 0.2) is 60.7 Å². The molecule has 1 fully saturated rings. The minimum atomic E-state index is -0.283. The number of rotatable bonds is 3. The summed E-state index contributed by atoms with van der Waals surface area (Å²) < 4.78 is 14.8. The van der Waals surface area contributed by atoms with Crippen LogP contribution in [0.1, 0.15) is 12.8 Å². The van der Waals surface area contributed by atoms with Crippen molar-refractivity contribution in [1.29, 1.82) is 0 Å². The fraction of sp³-hybridized carbons (Fsp3) is 0.217. The number of para-hydroxylation sites is 1. The number of piperidine rings is 1. The lowest BCUT2D eigenvalue weighted by Gasteiger charge is -2.31. The SMILES string of the molecule is O=C(Nc1cccc2ccccc12)C1CCN(c2nc3c(F)cccc3s2)CC1. The maximum atomic E-state index is 13.9. The molecule has 2 heterocycles. The molecule has 4 aromatic rings. The quantitative estimate of drug-likeness (QED) is 0.493. The second-order valence-corrected chi connectivity index (χ2v) is 8.37. The van der Waals surface area contributed by atoms with Crippen LogP contribution in [0, 0.1) is 11.7 Å². The number of carbonyl (C=O) groups is 1. The van der Waals surface area contributed by atoms with Gasteiger partial charge in [0.05, 0.1) is 4.70 Å². The van der Waals surface area contributed by atoms with Crippen LogP contribution in [0.4, 0.5) is 15.2 Å². The van der Waals surface area contributed by atoms with Crippen molar-refractivity contribution in [3.05, 3.63) is 66.5 Å². The summed E-state index contributed by atoms with van der Waals surface area (Å²) in [7, 11) is 0. The molecule has 0 aliphatic carbocycles. The van der Waals surface area contributed by atoms with Crippen LogP contribution in [0.25, 0.3) is 21.0 Å². The van der Waals surface area contributed by atoms with Crippen molar-refractivity contribution >= 4 is 49.1 Å². The second-order valence-electron chi connectivity index (χ2n) is 7.36. The fourth-order valence-corrected chi connectivity index (χ4v) is 4.97. The first-order valence-electron chi connectivity index (χ1n) is 9.78. The van der Waals surface area contributed by atoms with E-state index in [9.17, 15) is 9.18 Å². The number of thiazole rings is 1. The normalized spacial score (nSPS) is 15.1. The third-order valence-electron chi connectivity index (χ3n) is 5.54. The molecular weight excluding hydrogens is 385 g/mol. The smallest absolute Gasteiger partial charge is 0.227 e. The molecule has 1 amide bonds. The Morgan fingerprint density at radius 1 is 1.03 bits per heavy atom. The molecule has 4 nitrogen and oxygen atoms in total. The van der Waals surface area contributed by atoms with Gasteiger partial charge in [-0.2, -0.15) is 0 Å². The average Bonchev–Trinajstić information content (AvgIpc) is 3.20. The summed E-state index contributed by atoms with van der Waals surface area (Å²) in [5.74, 6) is -0.248. The number of carbonyl (C=O) groups excluding carboxylic acids is 1. The number of hydrogen-bond donors (Lipinski definition) is 1. The summed E-state index contributed by atoms with van der Waals surface area (Å²) in [6.45, 7) is 1.49. The largest absolute Gasteiger partial charge is 0.348 e. The van der Waals surface area contributed by atoms with Gasteiger partial charge < -0.3 is 10.2 Å². The summed E-state index contributed by atoms with van der Waals surface area (Å²) >= 11 is 1.51. The van der Waals surface area contributed by atoms with E-state index < -0.39 is 0 Å². The van der Waals surface area contributed by atoms with Gasteiger partial charge in [0.25, 0.3) is 0 Å². The zero-order valence-electron chi connectivity index (χ0n) is 15.8. The van der Waals surface area contributed by atoms with Gasteiger partial charge in [-0.3, -0.25) is 4.79 Å². The van der Waals surface area contributed by atoms with Crippen molar-refractivity contribution < 1.29 is 9.18 Å². The average molecular weight is 405 g/mol. The first-order chi connectivity index (χ1) is 14.2. The zero-order valence-corrected chi connectivity index (χ0v) is 16.6. The number of fused-ring (bicyclic) bond motifs is 2. The molecule has 0 saturated carbocycles. The van der Waals surface area contributed by atoms with E-state index in [4.69, 9.17) is 0 Å². The Labute approximate surface area is 172 Å². The van der Waals surface area contributed by atoms with Gasteiger partial charge >= 0.3 is 0 Å². The van der Waals surface area contributed by atoms with Crippen LogP contribution in [0.2, 0.25) is 0 Å². The molecule has 1 aromatic heterocycles. The van der Waals surface area contributed by atoms with Gasteiger partial charge in [-0.25, -0.2) is 9.37 Å². The number of aromatic nitrogens is 1. The van der Waals surface area contributed by atoms with Crippen LogP contribution in [-0.4, -0.2) is 24.0 Å². The predicted molar refractivity (Wildman–Crippen MR) is 117 cm³/mol. The van der Waals surface area contributed by atoms with E-state index >= 15 is 0 Å². The standard InChI is InChI=1S/C23H20FN3OS/c24-18-8-4-10-20-21(18)26-23(29-20)27-13-11-16(12-14-27)22(28)25-19-9-3-6-15-5-1-2-7-17(15)19/h1-10,16H,11-14H2,(H,25,28). The highest BCUT2D eigenvalue weighted by molar-refractivity contribution is 7.22. The predicted octanol–water partition coefficient (Wildman–Crippen LogP) is 5.44. The van der Waals surface area contributed by atoms with Crippen molar-refractivity contribution in [1.82, 2.24) is 4.98 Å². The number of benzene rings is 3. The van der Waals surface area contributed by atoms with Gasteiger partial charge in [-0.15, -0.1) is 0 Å². The molecule has 3 aromatic carbocycles. The van der Waals surface area contributed by atoms with E-state index in [-0.39, 0.29) is 17.6 Å². The highest BCUT2D eigenvalue weighted by Gasteiger charge is 2.27. The van der Waals surface area contributed by atoms with E-state index in [2.05, 4.69) is 15.2 Å². The molecular formula is C23H20FN3OS. The number of hydrogen-bond acceptors (Lipinski definition) is 4. The Hall–Kier alpha value is -2.99. The lowest BCUT2D eigenvalue weighted by Crippen LogP contribution is -2.38. The first-order valence-corrected chi connectivity index (χ1v) is 10.6. The Morgan fingerprint density at radius 3 is 2.62 bits per heavy atom. The lowest BCUT2D eigenvalue weighted by molar-refractivity contribution is -0.120. The summed E-state index contributed by atoms with van der Waals surface area (Å²) in [5, 5.41) is 6.12. The molecule has 0 atom stereocenters. The number of amides is 1. The molecule has 1 N–H and O–H groups in total. The van der Waals surface area contributed by atoms with Crippen molar-refractivity contribution in [2.24, 2.45) is 5.92 Å². The molecule has 1 aliphatic rings. The third kappa shape index (κ3) is 3.44. The highest BCUT2D eigenvalue weighted by atomic mass is 32.1. The number of nitrogens with zero attached hydrogens (tertiary/aromatic N) is 2. The Kier molecular flexibility index (Phi) is 4.64. The summed E-state index contributed by atoms with van der Waals surface area (Å²) in [5.41, 5.74) is 1.29. The van der Waals surface area contributed by atoms with E-state index in [1.807, 2.05) is 48.5 Å². The molecule has 146 valence electrons. The molecule has 1 aliphatic heterocycles. The van der Waals surface area contributed by atoms with Gasteiger partial charge in [-0.05, 0) is 36.4 Å². The maximum absolute atomic E-state index is 13.9. The highest BCUT2D eigenvalue weighted by Crippen LogP contribution is 2.33. The molecule has 0 bridgehead atoms. The van der Waals surface area contributed by atoms with Gasteiger partial charge in [-0.1, -0.05) is 53.8 Å².